The molecule has 0 aliphatic carbocycles. The van der Waals surface area contributed by atoms with E-state index >= 15 is 0 Å². The molecule has 1 saturated heterocycles. The number of rotatable bonds is 7. The van der Waals surface area contributed by atoms with E-state index in [0.29, 0.717) is 12.6 Å². The summed E-state index contributed by atoms with van der Waals surface area (Å²) in [4.78, 5) is 8.63. The zero-order valence-electron chi connectivity index (χ0n) is 17.4. The number of nitrogens with one attached hydrogen (secondary N) is 2. The van der Waals surface area contributed by atoms with Crippen molar-refractivity contribution in [3.05, 3.63) is 65.7 Å². The van der Waals surface area contributed by atoms with Gasteiger partial charge >= 0.3 is 0 Å². The van der Waals surface area contributed by atoms with Crippen LogP contribution in [0.5, 0.6) is 0 Å². The van der Waals surface area contributed by atoms with Crippen molar-refractivity contribution in [3.63, 3.8) is 0 Å². The summed E-state index contributed by atoms with van der Waals surface area (Å²) in [5.41, 5.74) is 2.64. The van der Waals surface area contributed by atoms with Crippen LogP contribution >= 0.6 is 35.7 Å². The number of guanidine groups is 1. The second-order valence-corrected chi connectivity index (χ2v) is 8.10. The molecule has 4 nitrogen and oxygen atoms in total. The topological polar surface area (TPSA) is 39.7 Å². The Balaban J connectivity index is 0.00000300. The maximum atomic E-state index is 4.79. The van der Waals surface area contributed by atoms with Crippen LogP contribution < -0.4 is 10.6 Å². The van der Waals surface area contributed by atoms with Crippen molar-refractivity contribution < 1.29 is 0 Å². The zero-order chi connectivity index (χ0) is 19.6. The quantitative estimate of drug-likeness (QED) is 0.238. The number of likely N-dealkylation sites (tertiary alicyclic amines) is 1. The van der Waals surface area contributed by atoms with Crippen LogP contribution in [-0.4, -0.2) is 42.8 Å². The smallest absolute Gasteiger partial charge is 0.191 e. The minimum absolute atomic E-state index is 0. The van der Waals surface area contributed by atoms with Crippen LogP contribution in [0, 0.1) is 0 Å². The summed E-state index contributed by atoms with van der Waals surface area (Å²) in [6.07, 6.45) is 4.41. The third-order valence-corrected chi connectivity index (χ3v) is 5.84. The molecule has 2 aromatic rings. The molecule has 1 heterocycles. The van der Waals surface area contributed by atoms with E-state index in [1.807, 2.05) is 0 Å². The van der Waals surface area contributed by atoms with Crippen molar-refractivity contribution in [2.75, 3.05) is 25.9 Å². The van der Waals surface area contributed by atoms with Crippen molar-refractivity contribution in [3.8, 4) is 0 Å². The van der Waals surface area contributed by atoms with E-state index in [4.69, 9.17) is 4.99 Å². The molecule has 2 N–H and O–H groups in total. The summed E-state index contributed by atoms with van der Waals surface area (Å²) in [7, 11) is 0. The van der Waals surface area contributed by atoms with Crippen LogP contribution in [0.3, 0.4) is 0 Å². The number of aliphatic imine (C=N–C) groups is 1. The van der Waals surface area contributed by atoms with Crippen LogP contribution in [0.4, 0.5) is 0 Å². The molecular formula is C23H33IN4S. The monoisotopic (exact) mass is 524 g/mol. The average molecular weight is 525 g/mol. The molecule has 0 spiro atoms. The molecule has 0 unspecified atom stereocenters. The highest BCUT2D eigenvalue weighted by Crippen LogP contribution is 2.16. The van der Waals surface area contributed by atoms with Crippen LogP contribution in [0.2, 0.25) is 0 Å². The number of thioether (sulfide) groups is 1. The predicted octanol–water partition coefficient (Wildman–Crippen LogP) is 4.75. The molecule has 0 amide bonds. The highest BCUT2D eigenvalue weighted by atomic mass is 127. The highest BCUT2D eigenvalue weighted by Gasteiger charge is 2.20. The van der Waals surface area contributed by atoms with Gasteiger partial charge in [0.15, 0.2) is 5.96 Å². The summed E-state index contributed by atoms with van der Waals surface area (Å²) in [6.45, 7) is 7.01. The van der Waals surface area contributed by atoms with Crippen LogP contribution in [0.25, 0.3) is 0 Å². The fourth-order valence-corrected chi connectivity index (χ4v) is 3.90. The van der Waals surface area contributed by atoms with Gasteiger partial charge in [-0.15, -0.1) is 35.7 Å². The third kappa shape index (κ3) is 8.18. The maximum Gasteiger partial charge on any atom is 0.191 e. The van der Waals surface area contributed by atoms with Gasteiger partial charge in [0.1, 0.15) is 0 Å². The molecule has 158 valence electrons. The van der Waals surface area contributed by atoms with Gasteiger partial charge in [-0.1, -0.05) is 42.5 Å². The molecule has 2 aromatic carbocycles. The lowest BCUT2D eigenvalue weighted by Gasteiger charge is -2.33. The van der Waals surface area contributed by atoms with Crippen molar-refractivity contribution in [1.29, 1.82) is 0 Å². The van der Waals surface area contributed by atoms with E-state index in [1.165, 1.54) is 16.0 Å². The Morgan fingerprint density at radius 2 is 1.72 bits per heavy atom. The molecule has 0 saturated carbocycles. The Kier molecular flexibility index (Phi) is 10.9. The molecule has 0 bridgehead atoms. The Labute approximate surface area is 197 Å². The first-order valence-corrected chi connectivity index (χ1v) is 11.4. The third-order valence-electron chi connectivity index (χ3n) is 5.10. The van der Waals surface area contributed by atoms with Gasteiger partial charge in [0, 0.05) is 37.1 Å². The minimum atomic E-state index is 0. The lowest BCUT2D eigenvalue weighted by molar-refractivity contribution is 0.198. The molecule has 6 heteroatoms. The van der Waals surface area contributed by atoms with Gasteiger partial charge in [0.05, 0.1) is 6.54 Å². The summed E-state index contributed by atoms with van der Waals surface area (Å²) in [5.74, 6) is 0.929. The van der Waals surface area contributed by atoms with Crippen LogP contribution in [0.15, 0.2) is 64.5 Å². The summed E-state index contributed by atoms with van der Waals surface area (Å²) < 4.78 is 0. The summed E-state index contributed by atoms with van der Waals surface area (Å²) in [6, 6.07) is 19.9. The van der Waals surface area contributed by atoms with Crippen LogP contribution in [0.1, 0.15) is 30.9 Å². The van der Waals surface area contributed by atoms with Crippen molar-refractivity contribution in [1.82, 2.24) is 15.5 Å². The summed E-state index contributed by atoms with van der Waals surface area (Å²) >= 11 is 1.77. The number of piperidine rings is 1. The van der Waals surface area contributed by atoms with E-state index in [-0.39, 0.29) is 24.0 Å². The Morgan fingerprint density at radius 3 is 2.34 bits per heavy atom. The molecule has 3 rings (SSSR count). The molecule has 0 radical (unpaired) electrons. The minimum Gasteiger partial charge on any atom is -0.357 e. The highest BCUT2D eigenvalue weighted by molar-refractivity contribution is 14.0. The molecule has 1 aliphatic heterocycles. The second-order valence-electron chi connectivity index (χ2n) is 7.22. The first kappa shape index (κ1) is 24.0. The molecule has 1 aliphatic rings. The summed E-state index contributed by atoms with van der Waals surface area (Å²) in [5, 5.41) is 7.04. The fraction of sp³-hybridized carbons (Fsp3) is 0.435. The Hall–Kier alpha value is -1.25. The Morgan fingerprint density at radius 1 is 1.03 bits per heavy atom. The maximum absolute atomic E-state index is 4.79. The molecule has 0 atom stereocenters. The largest absolute Gasteiger partial charge is 0.357 e. The molecule has 1 fully saturated rings. The van der Waals surface area contributed by atoms with Gasteiger partial charge in [-0.2, -0.15) is 0 Å². The zero-order valence-corrected chi connectivity index (χ0v) is 20.6. The normalized spacial score (nSPS) is 15.6. The predicted molar refractivity (Wildman–Crippen MR) is 136 cm³/mol. The Bertz CT molecular complexity index is 728. The van der Waals surface area contributed by atoms with E-state index in [9.17, 15) is 0 Å². The van der Waals surface area contributed by atoms with Gasteiger partial charge in [-0.05, 0) is 49.3 Å². The lowest BCUT2D eigenvalue weighted by Crippen LogP contribution is -2.48. The van der Waals surface area contributed by atoms with Crippen molar-refractivity contribution in [2.45, 2.75) is 43.8 Å². The first-order valence-electron chi connectivity index (χ1n) is 10.2. The van der Waals surface area contributed by atoms with Gasteiger partial charge in [0.2, 0.25) is 0 Å². The van der Waals surface area contributed by atoms with Gasteiger partial charge < -0.3 is 10.6 Å². The number of halogens is 1. The first-order chi connectivity index (χ1) is 13.8. The van der Waals surface area contributed by atoms with Gasteiger partial charge in [-0.3, -0.25) is 4.90 Å². The van der Waals surface area contributed by atoms with E-state index < -0.39 is 0 Å². The number of hydrogen-bond acceptors (Lipinski definition) is 3. The number of nitrogens with zero attached hydrogens (tertiary/aromatic N) is 2. The molecule has 29 heavy (non-hydrogen) atoms. The average Bonchev–Trinajstić information content (AvgIpc) is 2.75. The van der Waals surface area contributed by atoms with Crippen molar-refractivity contribution >= 4 is 41.7 Å². The number of hydrogen-bond donors (Lipinski definition) is 2. The van der Waals surface area contributed by atoms with E-state index in [2.05, 4.69) is 83.3 Å². The van der Waals surface area contributed by atoms with Crippen molar-refractivity contribution in [2.24, 2.45) is 4.99 Å². The van der Waals surface area contributed by atoms with Crippen LogP contribution in [-0.2, 0) is 13.1 Å². The fourth-order valence-electron chi connectivity index (χ4n) is 3.49. The second kappa shape index (κ2) is 13.1. The molecular weight excluding hydrogens is 491 g/mol. The molecule has 0 aromatic heterocycles. The van der Waals surface area contributed by atoms with Gasteiger partial charge in [-0.25, -0.2) is 4.99 Å². The standard InChI is InChI=1S/C23H32N4S.HI/c1-3-24-23(25-17-19-9-11-22(28-2)12-10-19)26-21-13-15-27(16-14-21)18-20-7-5-4-6-8-20;/h4-12,21H,3,13-18H2,1-2H3,(H2,24,25,26);1H. The number of benzene rings is 2. The SMILES string of the molecule is CCNC(=NCc1ccc(SC)cc1)NC1CCN(Cc2ccccc2)CC1.I. The van der Waals surface area contributed by atoms with E-state index in [1.54, 1.807) is 11.8 Å². The van der Waals surface area contributed by atoms with E-state index in [0.717, 1.165) is 45.0 Å². The van der Waals surface area contributed by atoms with Gasteiger partial charge in [0.25, 0.3) is 0 Å². The lowest BCUT2D eigenvalue weighted by atomic mass is 10.0.